The van der Waals surface area contributed by atoms with Crippen LogP contribution in [0.25, 0.3) is 10.9 Å². The molecular formula is C23H19F3N4O. The molecule has 3 N–H and O–H groups in total. The van der Waals surface area contributed by atoms with E-state index in [1.807, 2.05) is 0 Å². The molecule has 1 amide bonds. The van der Waals surface area contributed by atoms with Crippen LogP contribution in [0, 0.1) is 6.92 Å². The maximum Gasteiger partial charge on any atom is 0.416 e. The number of aryl methyl sites for hydroxylation is 1. The molecule has 1 heterocycles. The number of nitrogens with zero attached hydrogens (tertiary/aromatic N) is 2. The topological polar surface area (TPSA) is 72.9 Å². The highest BCUT2D eigenvalue weighted by Crippen LogP contribution is 2.32. The SMILES string of the molecule is Cc1c2cc(C(F)(F)F)ccc2nn1Cc1ccc(C(=O)Nc2ccccc2N)cc1. The van der Waals surface area contributed by atoms with Gasteiger partial charge in [0.05, 0.1) is 29.0 Å². The van der Waals surface area contributed by atoms with Gasteiger partial charge in [0.2, 0.25) is 0 Å². The fourth-order valence-electron chi connectivity index (χ4n) is 3.33. The molecule has 4 rings (SSSR count). The van der Waals surface area contributed by atoms with Crippen LogP contribution < -0.4 is 11.1 Å². The molecule has 0 saturated carbocycles. The van der Waals surface area contributed by atoms with Crippen molar-refractivity contribution >= 4 is 28.2 Å². The number of hydrogen-bond acceptors (Lipinski definition) is 3. The Morgan fingerprint density at radius 3 is 2.45 bits per heavy atom. The summed E-state index contributed by atoms with van der Waals surface area (Å²) in [5.41, 5.74) is 8.63. The molecule has 0 aliphatic heterocycles. The highest BCUT2D eigenvalue weighted by molar-refractivity contribution is 6.05. The summed E-state index contributed by atoms with van der Waals surface area (Å²) in [7, 11) is 0. The smallest absolute Gasteiger partial charge is 0.397 e. The minimum atomic E-state index is -4.40. The number of halogens is 3. The van der Waals surface area contributed by atoms with Gasteiger partial charge in [-0.25, -0.2) is 0 Å². The first-order valence-electron chi connectivity index (χ1n) is 9.51. The quantitative estimate of drug-likeness (QED) is 0.440. The Kier molecular flexibility index (Phi) is 5.14. The molecule has 8 heteroatoms. The Morgan fingerprint density at radius 1 is 1.06 bits per heavy atom. The lowest BCUT2D eigenvalue weighted by atomic mass is 10.1. The van der Waals surface area contributed by atoms with E-state index in [-0.39, 0.29) is 5.91 Å². The summed E-state index contributed by atoms with van der Waals surface area (Å²) in [4.78, 5) is 12.4. The maximum absolute atomic E-state index is 13.0. The van der Waals surface area contributed by atoms with Crippen molar-refractivity contribution in [2.75, 3.05) is 11.1 Å². The number of alkyl halides is 3. The molecule has 3 aromatic carbocycles. The van der Waals surface area contributed by atoms with Gasteiger partial charge < -0.3 is 11.1 Å². The Bertz CT molecular complexity index is 1260. The van der Waals surface area contributed by atoms with Gasteiger partial charge in [-0.2, -0.15) is 18.3 Å². The van der Waals surface area contributed by atoms with E-state index in [9.17, 15) is 18.0 Å². The van der Waals surface area contributed by atoms with Gasteiger partial charge in [0, 0.05) is 16.6 Å². The van der Waals surface area contributed by atoms with Crippen LogP contribution in [0.4, 0.5) is 24.5 Å². The molecule has 31 heavy (non-hydrogen) atoms. The second kappa shape index (κ2) is 7.79. The lowest BCUT2D eigenvalue weighted by molar-refractivity contribution is -0.137. The van der Waals surface area contributed by atoms with Crippen LogP contribution in [0.2, 0.25) is 0 Å². The number of amides is 1. The van der Waals surface area contributed by atoms with E-state index in [0.717, 1.165) is 17.7 Å². The van der Waals surface area contributed by atoms with Crippen LogP contribution in [-0.2, 0) is 12.7 Å². The number of aromatic nitrogens is 2. The largest absolute Gasteiger partial charge is 0.416 e. The molecule has 0 fully saturated rings. The number of benzene rings is 3. The summed E-state index contributed by atoms with van der Waals surface area (Å²) in [5, 5.41) is 7.64. The zero-order valence-corrected chi connectivity index (χ0v) is 16.6. The number of hydrogen-bond donors (Lipinski definition) is 2. The molecule has 0 radical (unpaired) electrons. The Hall–Kier alpha value is -3.81. The number of nitrogens with one attached hydrogen (secondary N) is 1. The minimum Gasteiger partial charge on any atom is -0.397 e. The van der Waals surface area contributed by atoms with E-state index in [4.69, 9.17) is 5.73 Å². The van der Waals surface area contributed by atoms with Crippen molar-refractivity contribution in [1.29, 1.82) is 0 Å². The second-order valence-electron chi connectivity index (χ2n) is 7.21. The van der Waals surface area contributed by atoms with Crippen LogP contribution in [0.3, 0.4) is 0 Å². The van der Waals surface area contributed by atoms with E-state index in [0.29, 0.717) is 40.1 Å². The van der Waals surface area contributed by atoms with Crippen molar-refractivity contribution in [1.82, 2.24) is 9.78 Å². The van der Waals surface area contributed by atoms with Crippen LogP contribution >= 0.6 is 0 Å². The number of nitrogen functional groups attached to an aromatic ring is 1. The maximum atomic E-state index is 13.0. The molecule has 5 nitrogen and oxygen atoms in total. The van der Waals surface area contributed by atoms with Crippen molar-refractivity contribution in [3.63, 3.8) is 0 Å². The molecule has 0 saturated heterocycles. The first-order chi connectivity index (χ1) is 14.7. The molecule has 1 aromatic heterocycles. The van der Waals surface area contributed by atoms with Crippen molar-refractivity contribution in [3.05, 3.63) is 89.1 Å². The zero-order chi connectivity index (χ0) is 22.2. The average molecular weight is 424 g/mol. The van der Waals surface area contributed by atoms with Gasteiger partial charge in [0.25, 0.3) is 5.91 Å². The van der Waals surface area contributed by atoms with Crippen LogP contribution in [-0.4, -0.2) is 15.7 Å². The molecule has 0 unspecified atom stereocenters. The van der Waals surface area contributed by atoms with Crippen molar-refractivity contribution in [3.8, 4) is 0 Å². The van der Waals surface area contributed by atoms with Crippen molar-refractivity contribution < 1.29 is 18.0 Å². The summed E-state index contributed by atoms with van der Waals surface area (Å²) >= 11 is 0. The third-order valence-electron chi connectivity index (χ3n) is 5.09. The average Bonchev–Trinajstić information content (AvgIpc) is 3.04. The third-order valence-corrected chi connectivity index (χ3v) is 5.09. The van der Waals surface area contributed by atoms with Gasteiger partial charge >= 0.3 is 6.18 Å². The summed E-state index contributed by atoms with van der Waals surface area (Å²) in [6.45, 7) is 2.11. The highest BCUT2D eigenvalue weighted by Gasteiger charge is 2.31. The monoisotopic (exact) mass is 424 g/mol. The molecular weight excluding hydrogens is 405 g/mol. The van der Waals surface area contributed by atoms with Gasteiger partial charge in [-0.05, 0) is 55.0 Å². The Labute approximate surface area is 176 Å². The van der Waals surface area contributed by atoms with Crippen molar-refractivity contribution in [2.45, 2.75) is 19.6 Å². The van der Waals surface area contributed by atoms with E-state index < -0.39 is 11.7 Å². The molecule has 0 bridgehead atoms. The zero-order valence-electron chi connectivity index (χ0n) is 16.6. The van der Waals surface area contributed by atoms with Crippen molar-refractivity contribution in [2.24, 2.45) is 0 Å². The van der Waals surface area contributed by atoms with E-state index in [2.05, 4.69) is 10.4 Å². The number of carbonyl (C=O) groups is 1. The van der Waals surface area contributed by atoms with Crippen LogP contribution in [0.5, 0.6) is 0 Å². The van der Waals surface area contributed by atoms with Gasteiger partial charge in [0.15, 0.2) is 0 Å². The predicted molar refractivity (Wildman–Crippen MR) is 114 cm³/mol. The van der Waals surface area contributed by atoms with E-state index in [1.54, 1.807) is 60.1 Å². The minimum absolute atomic E-state index is 0.287. The number of para-hydroxylation sites is 2. The lowest BCUT2D eigenvalue weighted by Gasteiger charge is -2.09. The number of nitrogens with two attached hydrogens (primary N) is 1. The second-order valence-corrected chi connectivity index (χ2v) is 7.21. The third kappa shape index (κ3) is 4.23. The fourth-order valence-corrected chi connectivity index (χ4v) is 3.33. The van der Waals surface area contributed by atoms with E-state index >= 15 is 0 Å². The van der Waals surface area contributed by atoms with Gasteiger partial charge in [-0.3, -0.25) is 9.48 Å². The van der Waals surface area contributed by atoms with Crippen LogP contribution in [0.15, 0.2) is 66.7 Å². The van der Waals surface area contributed by atoms with Crippen LogP contribution in [0.1, 0.15) is 27.2 Å². The molecule has 0 atom stereocenters. The summed E-state index contributed by atoms with van der Waals surface area (Å²) in [6.07, 6.45) is -4.40. The summed E-state index contributed by atoms with van der Waals surface area (Å²) in [5.74, 6) is -0.287. The summed E-state index contributed by atoms with van der Waals surface area (Å²) < 4.78 is 40.6. The predicted octanol–water partition coefficient (Wildman–Crippen LogP) is 5.25. The fraction of sp³-hybridized carbons (Fsp3) is 0.130. The molecule has 0 spiro atoms. The first-order valence-corrected chi connectivity index (χ1v) is 9.51. The standard InChI is InChI=1S/C23H19F3N4O/c1-14-18-12-17(23(24,25)26)10-11-20(18)29-30(14)13-15-6-8-16(9-7-15)22(31)28-21-5-3-2-4-19(21)27/h2-12H,13,27H2,1H3,(H,28,31). The van der Waals surface area contributed by atoms with Gasteiger partial charge in [0.1, 0.15) is 0 Å². The Morgan fingerprint density at radius 2 is 1.77 bits per heavy atom. The molecule has 4 aromatic rings. The summed E-state index contributed by atoms with van der Waals surface area (Å²) in [6, 6.07) is 17.5. The van der Waals surface area contributed by atoms with Gasteiger partial charge in [-0.15, -0.1) is 0 Å². The first kappa shape index (κ1) is 20.5. The number of carbonyl (C=O) groups excluding carboxylic acids is 1. The lowest BCUT2D eigenvalue weighted by Crippen LogP contribution is -2.13. The number of anilines is 2. The molecule has 158 valence electrons. The number of fused-ring (bicyclic) bond motifs is 1. The van der Waals surface area contributed by atoms with E-state index in [1.165, 1.54) is 6.07 Å². The highest BCUT2D eigenvalue weighted by atomic mass is 19.4. The number of rotatable bonds is 4. The van der Waals surface area contributed by atoms with Gasteiger partial charge in [-0.1, -0.05) is 24.3 Å². The molecule has 0 aliphatic carbocycles. The molecule has 0 aliphatic rings. The Balaban J connectivity index is 1.52. The normalized spacial score (nSPS) is 11.6.